The third-order valence-corrected chi connectivity index (χ3v) is 8.04. The van der Waals surface area contributed by atoms with Gasteiger partial charge in [-0.05, 0) is 38.5 Å². The van der Waals surface area contributed by atoms with Crippen molar-refractivity contribution in [3.05, 3.63) is 17.0 Å². The van der Waals surface area contributed by atoms with Crippen LogP contribution in [0.4, 0.5) is 0 Å². The molecule has 2 fully saturated rings. The Morgan fingerprint density at radius 3 is 2.15 bits per heavy atom. The number of aryl methyl sites for hydroxylation is 1. The van der Waals surface area contributed by atoms with Gasteiger partial charge in [0.1, 0.15) is 0 Å². The summed E-state index contributed by atoms with van der Waals surface area (Å²) in [5.74, 6) is -0.0683. The lowest BCUT2D eigenvalue weighted by atomic mass is 9.95. The molecule has 8 nitrogen and oxygen atoms in total. The normalized spacial score (nSPS) is 23.0. The van der Waals surface area contributed by atoms with E-state index < -0.39 is 10.2 Å². The maximum absolute atomic E-state index is 12.9. The van der Waals surface area contributed by atoms with E-state index in [1.165, 1.54) is 0 Å². The van der Waals surface area contributed by atoms with Crippen LogP contribution in [0, 0.1) is 0 Å². The Morgan fingerprint density at radius 2 is 1.44 bits per heavy atom. The number of fused-ring (bicyclic) bond motifs is 1. The molecule has 1 aromatic rings. The summed E-state index contributed by atoms with van der Waals surface area (Å²) in [5.41, 5.74) is 2.69. The number of aromatic nitrogens is 2. The summed E-state index contributed by atoms with van der Waals surface area (Å²) in [5, 5.41) is 7.29. The molecule has 0 radical (unpaired) electrons. The van der Waals surface area contributed by atoms with Gasteiger partial charge in [-0.1, -0.05) is 12.8 Å². The van der Waals surface area contributed by atoms with Crippen molar-refractivity contribution >= 4 is 16.1 Å². The van der Waals surface area contributed by atoms with Crippen molar-refractivity contribution in [2.75, 3.05) is 39.3 Å². The highest BCUT2D eigenvalue weighted by atomic mass is 32.2. The van der Waals surface area contributed by atoms with E-state index in [-0.39, 0.29) is 5.91 Å². The van der Waals surface area contributed by atoms with E-state index in [4.69, 9.17) is 0 Å². The molecule has 0 bridgehead atoms. The second kappa shape index (κ2) is 7.89. The number of hydrogen-bond donors (Lipinski definition) is 1. The standard InChI is InChI=1S/C18H29N5O3S/c24-18(17-15-7-3-4-8-16(15)19-20-17)21-11-13-23(14-12-21)27(25,26)22-9-5-1-2-6-10-22/h1-14H2,(H,19,20). The average molecular weight is 396 g/mol. The summed E-state index contributed by atoms with van der Waals surface area (Å²) >= 11 is 0. The molecule has 9 heteroatoms. The van der Waals surface area contributed by atoms with Crippen LogP contribution < -0.4 is 0 Å². The van der Waals surface area contributed by atoms with Gasteiger partial charge in [0.15, 0.2) is 5.69 Å². The average Bonchev–Trinajstić information content (AvgIpc) is 2.92. The lowest BCUT2D eigenvalue weighted by Gasteiger charge is -2.36. The zero-order valence-electron chi connectivity index (χ0n) is 15.8. The van der Waals surface area contributed by atoms with Gasteiger partial charge in [0.2, 0.25) is 0 Å². The number of carbonyl (C=O) groups excluding carboxylic acids is 1. The predicted molar refractivity (Wildman–Crippen MR) is 102 cm³/mol. The molecular formula is C18H29N5O3S. The van der Waals surface area contributed by atoms with Gasteiger partial charge in [0.05, 0.1) is 0 Å². The molecule has 1 aliphatic carbocycles. The highest BCUT2D eigenvalue weighted by Gasteiger charge is 2.35. The number of nitrogens with one attached hydrogen (secondary N) is 1. The zero-order chi connectivity index (χ0) is 18.9. The van der Waals surface area contributed by atoms with Crippen molar-refractivity contribution < 1.29 is 13.2 Å². The Hall–Kier alpha value is -1.45. The van der Waals surface area contributed by atoms with Crippen LogP contribution in [-0.4, -0.2) is 77.3 Å². The quantitative estimate of drug-likeness (QED) is 0.832. The Balaban J connectivity index is 1.40. The van der Waals surface area contributed by atoms with Gasteiger partial charge >= 0.3 is 0 Å². The largest absolute Gasteiger partial charge is 0.335 e. The van der Waals surface area contributed by atoms with Crippen molar-refractivity contribution in [2.24, 2.45) is 0 Å². The van der Waals surface area contributed by atoms with Crippen LogP contribution >= 0.6 is 0 Å². The minimum atomic E-state index is -3.42. The van der Waals surface area contributed by atoms with Crippen molar-refractivity contribution in [3.8, 4) is 0 Å². The molecule has 1 aromatic heterocycles. The van der Waals surface area contributed by atoms with Gasteiger partial charge in [-0.25, -0.2) is 0 Å². The smallest absolute Gasteiger partial charge is 0.282 e. The van der Waals surface area contributed by atoms with Crippen LogP contribution in [0.3, 0.4) is 0 Å². The highest BCUT2D eigenvalue weighted by Crippen LogP contribution is 2.24. The summed E-state index contributed by atoms with van der Waals surface area (Å²) in [7, 11) is -3.42. The topological polar surface area (TPSA) is 89.6 Å². The summed E-state index contributed by atoms with van der Waals surface area (Å²) in [6.07, 6.45) is 8.15. The van der Waals surface area contributed by atoms with Crippen LogP contribution in [0.25, 0.3) is 0 Å². The van der Waals surface area contributed by atoms with E-state index in [1.807, 2.05) is 0 Å². The molecule has 3 aliphatic rings. The maximum Gasteiger partial charge on any atom is 0.282 e. The molecule has 0 aromatic carbocycles. The molecule has 150 valence electrons. The highest BCUT2D eigenvalue weighted by molar-refractivity contribution is 7.86. The monoisotopic (exact) mass is 395 g/mol. The Kier molecular flexibility index (Phi) is 5.52. The first-order valence-corrected chi connectivity index (χ1v) is 11.6. The fraction of sp³-hybridized carbons (Fsp3) is 0.778. The van der Waals surface area contributed by atoms with E-state index >= 15 is 0 Å². The fourth-order valence-corrected chi connectivity index (χ4v) is 6.04. The molecule has 3 heterocycles. The minimum absolute atomic E-state index is 0.0683. The first-order valence-electron chi connectivity index (χ1n) is 10.2. The van der Waals surface area contributed by atoms with Gasteiger partial charge in [-0.15, -0.1) is 0 Å². The third kappa shape index (κ3) is 3.77. The van der Waals surface area contributed by atoms with Crippen LogP contribution in [0.2, 0.25) is 0 Å². The maximum atomic E-state index is 12.9. The number of carbonyl (C=O) groups is 1. The Morgan fingerprint density at radius 1 is 0.815 bits per heavy atom. The second-order valence-corrected chi connectivity index (χ2v) is 9.68. The van der Waals surface area contributed by atoms with Gasteiger partial charge in [0.25, 0.3) is 16.1 Å². The van der Waals surface area contributed by atoms with Crippen LogP contribution in [0.15, 0.2) is 0 Å². The predicted octanol–water partition coefficient (Wildman–Crippen LogP) is 1.17. The van der Waals surface area contributed by atoms with Crippen molar-refractivity contribution in [3.63, 3.8) is 0 Å². The van der Waals surface area contributed by atoms with Gasteiger partial charge in [-0.2, -0.15) is 22.1 Å². The summed E-state index contributed by atoms with van der Waals surface area (Å²) in [6.45, 7) is 2.79. The van der Waals surface area contributed by atoms with Crippen LogP contribution in [0.5, 0.6) is 0 Å². The lowest BCUT2D eigenvalue weighted by molar-refractivity contribution is 0.0687. The molecule has 4 rings (SSSR count). The van der Waals surface area contributed by atoms with E-state index in [0.717, 1.165) is 62.6 Å². The fourth-order valence-electron chi connectivity index (χ4n) is 4.37. The summed E-state index contributed by atoms with van der Waals surface area (Å²) in [4.78, 5) is 14.7. The number of amides is 1. The summed E-state index contributed by atoms with van der Waals surface area (Å²) in [6, 6.07) is 0. The van der Waals surface area contributed by atoms with E-state index in [0.29, 0.717) is 45.0 Å². The third-order valence-electron chi connectivity index (χ3n) is 6.00. The Bertz CT molecular complexity index is 775. The minimum Gasteiger partial charge on any atom is -0.335 e. The SMILES string of the molecule is O=C(c1n[nH]c2c1CCCC2)N1CCN(S(=O)(=O)N2CCCCCC2)CC1. The molecule has 0 saturated carbocycles. The van der Waals surface area contributed by atoms with Crippen molar-refractivity contribution in [1.29, 1.82) is 0 Å². The molecule has 27 heavy (non-hydrogen) atoms. The molecular weight excluding hydrogens is 366 g/mol. The number of nitrogens with zero attached hydrogens (tertiary/aromatic N) is 4. The molecule has 1 N–H and O–H groups in total. The number of rotatable bonds is 3. The summed E-state index contributed by atoms with van der Waals surface area (Å²) < 4.78 is 29.0. The van der Waals surface area contributed by atoms with Crippen LogP contribution in [-0.2, 0) is 23.1 Å². The molecule has 2 saturated heterocycles. The van der Waals surface area contributed by atoms with E-state index in [2.05, 4.69) is 10.2 Å². The zero-order valence-corrected chi connectivity index (χ0v) is 16.6. The first-order chi connectivity index (χ1) is 13.1. The van der Waals surface area contributed by atoms with E-state index in [1.54, 1.807) is 13.5 Å². The molecule has 0 atom stereocenters. The van der Waals surface area contributed by atoms with Crippen LogP contribution in [0.1, 0.15) is 60.3 Å². The second-order valence-electron chi connectivity index (χ2n) is 7.75. The van der Waals surface area contributed by atoms with Gasteiger partial charge in [0, 0.05) is 50.5 Å². The molecule has 2 aliphatic heterocycles. The number of H-pyrrole nitrogens is 1. The number of aromatic amines is 1. The van der Waals surface area contributed by atoms with Gasteiger partial charge in [-0.3, -0.25) is 9.89 Å². The lowest BCUT2D eigenvalue weighted by Crippen LogP contribution is -2.54. The number of piperazine rings is 1. The molecule has 0 unspecified atom stereocenters. The molecule has 1 amide bonds. The Labute approximate surface area is 161 Å². The number of hydrogen-bond acceptors (Lipinski definition) is 4. The van der Waals surface area contributed by atoms with Crippen molar-refractivity contribution in [2.45, 2.75) is 51.4 Å². The first kappa shape index (κ1) is 18.9. The van der Waals surface area contributed by atoms with Crippen molar-refractivity contribution in [1.82, 2.24) is 23.7 Å². The molecule has 0 spiro atoms. The van der Waals surface area contributed by atoms with E-state index in [9.17, 15) is 13.2 Å². The van der Waals surface area contributed by atoms with Gasteiger partial charge < -0.3 is 4.90 Å².